The molecule has 0 aromatic rings. The van der Waals surface area contributed by atoms with Crippen LogP contribution < -0.4 is 5.32 Å². The van der Waals surface area contributed by atoms with Gasteiger partial charge < -0.3 is 24.3 Å². The van der Waals surface area contributed by atoms with Crippen LogP contribution in [0.3, 0.4) is 0 Å². The number of carbonyl (C=O) groups is 1. The zero-order valence-electron chi connectivity index (χ0n) is 10.1. The largest absolute Gasteiger partial charge is 0.382 e. The summed E-state index contributed by atoms with van der Waals surface area (Å²) in [6.45, 7) is 0.401. The number of amides is 1. The third kappa shape index (κ3) is 2.52. The minimum atomic E-state index is -0.473. The van der Waals surface area contributed by atoms with Crippen molar-refractivity contribution >= 4 is 5.91 Å². The highest BCUT2D eigenvalue weighted by Crippen LogP contribution is 2.19. The van der Waals surface area contributed by atoms with E-state index in [9.17, 15) is 4.79 Å². The second kappa shape index (κ2) is 6.15. The normalized spacial score (nSPS) is 28.1. The Morgan fingerprint density at radius 3 is 2.31 bits per heavy atom. The third-order valence-corrected chi connectivity index (χ3v) is 2.77. The lowest BCUT2D eigenvalue weighted by Gasteiger charge is -2.42. The lowest BCUT2D eigenvalue weighted by Crippen LogP contribution is -2.70. The van der Waals surface area contributed by atoms with Crippen molar-refractivity contribution in [3.8, 4) is 0 Å². The number of rotatable bonds is 7. The highest BCUT2D eigenvalue weighted by Gasteiger charge is 2.47. The number of nitrogens with one attached hydrogen (secondary N) is 1. The number of hydrogen-bond acceptors (Lipinski definition) is 5. The zero-order valence-corrected chi connectivity index (χ0v) is 10.1. The van der Waals surface area contributed by atoms with E-state index < -0.39 is 6.10 Å². The molecule has 1 aliphatic rings. The minimum absolute atomic E-state index is 0.123. The van der Waals surface area contributed by atoms with Crippen LogP contribution in [0.2, 0.25) is 0 Å². The van der Waals surface area contributed by atoms with Gasteiger partial charge in [-0.25, -0.2) is 0 Å². The van der Waals surface area contributed by atoms with Crippen molar-refractivity contribution in [1.29, 1.82) is 0 Å². The zero-order chi connectivity index (χ0) is 12.1. The first-order chi connectivity index (χ1) is 7.69. The first kappa shape index (κ1) is 13.4. The fourth-order valence-corrected chi connectivity index (χ4v) is 1.89. The number of hydrogen-bond donors (Lipinski definition) is 1. The molecule has 6 nitrogen and oxygen atoms in total. The lowest BCUT2D eigenvalue weighted by atomic mass is 9.92. The topological polar surface area (TPSA) is 66.0 Å². The molecule has 0 bridgehead atoms. The van der Waals surface area contributed by atoms with Crippen LogP contribution in [0, 0.1) is 0 Å². The van der Waals surface area contributed by atoms with Crippen LogP contribution in [0.4, 0.5) is 0 Å². The van der Waals surface area contributed by atoms with Gasteiger partial charge >= 0.3 is 0 Å². The van der Waals surface area contributed by atoms with Gasteiger partial charge in [0.25, 0.3) is 5.91 Å². The van der Waals surface area contributed by atoms with Crippen LogP contribution in [-0.4, -0.2) is 65.3 Å². The van der Waals surface area contributed by atoms with Crippen LogP contribution in [0.5, 0.6) is 0 Å². The highest BCUT2D eigenvalue weighted by molar-refractivity contribution is 5.88. The average molecular weight is 233 g/mol. The summed E-state index contributed by atoms with van der Waals surface area (Å²) in [5.41, 5.74) is 0. The molecular weight excluding hydrogens is 214 g/mol. The van der Waals surface area contributed by atoms with Gasteiger partial charge in [0.1, 0.15) is 12.2 Å². The molecule has 2 unspecified atom stereocenters. The molecular formula is C10H19NO5. The molecule has 0 spiro atoms. The number of β-lactam (4-membered cyclic amide) rings is 1. The van der Waals surface area contributed by atoms with Crippen molar-refractivity contribution in [2.24, 2.45) is 0 Å². The first-order valence-electron chi connectivity index (χ1n) is 5.07. The molecule has 6 heteroatoms. The summed E-state index contributed by atoms with van der Waals surface area (Å²) < 4.78 is 20.7. The molecule has 1 heterocycles. The maximum Gasteiger partial charge on any atom is 0.251 e. The van der Waals surface area contributed by atoms with Gasteiger partial charge in [-0.05, 0) is 0 Å². The summed E-state index contributed by atoms with van der Waals surface area (Å²) in [7, 11) is 6.24. The summed E-state index contributed by atoms with van der Waals surface area (Å²) in [5.74, 6) is -0.123. The Balaban J connectivity index is 2.62. The third-order valence-electron chi connectivity index (χ3n) is 2.77. The molecule has 1 N–H and O–H groups in total. The predicted octanol–water partition coefficient (Wildman–Crippen LogP) is -0.824. The van der Waals surface area contributed by atoms with Gasteiger partial charge in [-0.1, -0.05) is 0 Å². The fourth-order valence-electron chi connectivity index (χ4n) is 1.89. The van der Waals surface area contributed by atoms with E-state index in [1.165, 1.54) is 7.11 Å². The first-order valence-corrected chi connectivity index (χ1v) is 5.07. The van der Waals surface area contributed by atoms with Gasteiger partial charge in [-0.2, -0.15) is 0 Å². The average Bonchev–Trinajstić information content (AvgIpc) is 2.27. The Bertz CT molecular complexity index is 235. The molecule has 94 valence electrons. The fraction of sp³-hybridized carbons (Fsp3) is 0.900. The number of methoxy groups -OCH3 is 4. The minimum Gasteiger partial charge on any atom is -0.382 e. The van der Waals surface area contributed by atoms with Gasteiger partial charge in [-0.3, -0.25) is 4.79 Å². The van der Waals surface area contributed by atoms with Crippen LogP contribution in [-0.2, 0) is 23.7 Å². The summed E-state index contributed by atoms with van der Waals surface area (Å²) in [4.78, 5) is 11.2. The van der Waals surface area contributed by atoms with E-state index in [1.807, 2.05) is 0 Å². The molecule has 0 saturated carbocycles. The van der Waals surface area contributed by atoms with Crippen molar-refractivity contribution < 1.29 is 23.7 Å². The summed E-state index contributed by atoms with van der Waals surface area (Å²) >= 11 is 0. The molecule has 1 rings (SSSR count). The lowest BCUT2D eigenvalue weighted by molar-refractivity contribution is -0.162. The van der Waals surface area contributed by atoms with Gasteiger partial charge in [0.15, 0.2) is 6.10 Å². The van der Waals surface area contributed by atoms with Crippen LogP contribution in [0.25, 0.3) is 0 Å². The van der Waals surface area contributed by atoms with E-state index >= 15 is 0 Å². The molecule has 0 radical (unpaired) electrons. The van der Waals surface area contributed by atoms with E-state index in [4.69, 9.17) is 18.9 Å². The van der Waals surface area contributed by atoms with Crippen molar-refractivity contribution in [2.75, 3.05) is 35.0 Å². The van der Waals surface area contributed by atoms with Gasteiger partial charge in [0.2, 0.25) is 0 Å². The molecule has 0 aliphatic carbocycles. The van der Waals surface area contributed by atoms with Crippen LogP contribution in [0.1, 0.15) is 0 Å². The summed E-state index contributed by atoms with van der Waals surface area (Å²) in [6.07, 6.45) is -0.995. The molecule has 1 saturated heterocycles. The maximum absolute atomic E-state index is 11.2. The second-order valence-electron chi connectivity index (χ2n) is 3.62. The predicted molar refractivity (Wildman–Crippen MR) is 56.2 cm³/mol. The van der Waals surface area contributed by atoms with Gasteiger partial charge in [0.05, 0.1) is 12.6 Å². The SMILES string of the molecule is COC[C@H](OC)[C@H](OC)C1NC(=O)C1OC. The Hall–Kier alpha value is -0.690. The highest BCUT2D eigenvalue weighted by atomic mass is 16.6. The van der Waals surface area contributed by atoms with Gasteiger partial charge in [0, 0.05) is 28.4 Å². The Morgan fingerprint density at radius 2 is 1.94 bits per heavy atom. The Morgan fingerprint density at radius 1 is 1.25 bits per heavy atom. The Kier molecular flexibility index (Phi) is 5.14. The van der Waals surface area contributed by atoms with Crippen molar-refractivity contribution in [2.45, 2.75) is 24.4 Å². The van der Waals surface area contributed by atoms with E-state index in [-0.39, 0.29) is 24.2 Å². The monoisotopic (exact) mass is 233 g/mol. The molecule has 4 atom stereocenters. The molecule has 0 aromatic heterocycles. The molecule has 0 aromatic carbocycles. The number of carbonyl (C=O) groups excluding carboxylic acids is 1. The van der Waals surface area contributed by atoms with E-state index in [1.54, 1.807) is 21.3 Å². The Labute approximate surface area is 95.2 Å². The summed E-state index contributed by atoms with van der Waals surface area (Å²) in [5, 5.41) is 2.74. The molecule has 16 heavy (non-hydrogen) atoms. The van der Waals surface area contributed by atoms with E-state index in [0.717, 1.165) is 0 Å². The smallest absolute Gasteiger partial charge is 0.251 e. The van der Waals surface area contributed by atoms with E-state index in [0.29, 0.717) is 6.61 Å². The van der Waals surface area contributed by atoms with Crippen molar-refractivity contribution in [3.05, 3.63) is 0 Å². The molecule has 1 amide bonds. The summed E-state index contributed by atoms with van der Waals surface area (Å²) in [6, 6.07) is -0.192. The second-order valence-corrected chi connectivity index (χ2v) is 3.62. The van der Waals surface area contributed by atoms with Gasteiger partial charge in [-0.15, -0.1) is 0 Å². The molecule has 1 aliphatic heterocycles. The van der Waals surface area contributed by atoms with Crippen molar-refractivity contribution in [1.82, 2.24) is 5.32 Å². The quantitative estimate of drug-likeness (QED) is 0.582. The van der Waals surface area contributed by atoms with Crippen molar-refractivity contribution in [3.63, 3.8) is 0 Å². The van der Waals surface area contributed by atoms with Crippen LogP contribution >= 0.6 is 0 Å². The maximum atomic E-state index is 11.2. The molecule has 1 fully saturated rings. The van der Waals surface area contributed by atoms with E-state index in [2.05, 4.69) is 5.32 Å². The standard InChI is InChI=1S/C10H19NO5/c1-13-5-6(14-2)8(15-3)7-9(16-4)10(12)11-7/h6-9H,5H2,1-4H3,(H,11,12)/t6-,7?,8-,9?/m0/s1. The van der Waals surface area contributed by atoms with Crippen LogP contribution in [0.15, 0.2) is 0 Å². The number of ether oxygens (including phenoxy) is 4.